The molecule has 2 atom stereocenters. The summed E-state index contributed by atoms with van der Waals surface area (Å²) in [6, 6.07) is 10.7. The van der Waals surface area contributed by atoms with E-state index >= 15 is 0 Å². The highest BCUT2D eigenvalue weighted by Crippen LogP contribution is 2.31. The third kappa shape index (κ3) is 8.37. The molecule has 2 amide bonds. The minimum Gasteiger partial charge on any atom is -0.398 e. The number of nitrogens with zero attached hydrogens (tertiary/aromatic N) is 1. The van der Waals surface area contributed by atoms with Gasteiger partial charge in [-0.05, 0) is 68.1 Å². The van der Waals surface area contributed by atoms with Gasteiger partial charge in [0, 0.05) is 29.7 Å². The average Bonchev–Trinajstić information content (AvgIpc) is 2.87. The molecule has 37 heavy (non-hydrogen) atoms. The van der Waals surface area contributed by atoms with Gasteiger partial charge >= 0.3 is 6.18 Å². The van der Waals surface area contributed by atoms with Crippen molar-refractivity contribution in [3.63, 3.8) is 0 Å². The van der Waals surface area contributed by atoms with Crippen LogP contribution in [0.2, 0.25) is 0 Å². The SMILES string of the molecule is CCCN1CC[C@@H](NCc2ccc(SC)cc2)[C@@H](NC(=O)CNC(=O)c2cc(C(F)(F)F)ccc2N)C1. The van der Waals surface area contributed by atoms with E-state index in [2.05, 4.69) is 52.0 Å². The van der Waals surface area contributed by atoms with Crippen LogP contribution in [0.4, 0.5) is 18.9 Å². The standard InChI is InChI=1S/C26H34F3N5O2S/c1-3-11-34-12-10-22(31-14-17-4-7-19(37-2)8-5-17)23(16-34)33-24(35)15-32-25(36)20-13-18(26(27,28)29)6-9-21(20)30/h4-9,13,22-23,31H,3,10-12,14-16,30H2,1-2H3,(H,32,36)(H,33,35)/t22-,23+/m1/s1. The quantitative estimate of drug-likeness (QED) is 0.274. The van der Waals surface area contributed by atoms with Gasteiger partial charge in [0.05, 0.1) is 23.7 Å². The lowest BCUT2D eigenvalue weighted by Crippen LogP contribution is -2.60. The molecule has 1 aliphatic heterocycles. The van der Waals surface area contributed by atoms with Crippen molar-refractivity contribution in [3.8, 4) is 0 Å². The first-order valence-electron chi connectivity index (χ1n) is 12.2. The van der Waals surface area contributed by atoms with Crippen molar-refractivity contribution < 1.29 is 22.8 Å². The summed E-state index contributed by atoms with van der Waals surface area (Å²) in [5.41, 5.74) is 5.46. The third-order valence-electron chi connectivity index (χ3n) is 6.35. The fraction of sp³-hybridized carbons (Fsp3) is 0.462. The fourth-order valence-electron chi connectivity index (χ4n) is 4.36. The van der Waals surface area contributed by atoms with Crippen molar-refractivity contribution in [1.29, 1.82) is 0 Å². The number of thioether (sulfide) groups is 1. The number of hydrogen-bond acceptors (Lipinski definition) is 6. The number of halogens is 3. The topological polar surface area (TPSA) is 99.5 Å². The van der Waals surface area contributed by atoms with Crippen molar-refractivity contribution in [1.82, 2.24) is 20.9 Å². The Morgan fingerprint density at radius 2 is 1.86 bits per heavy atom. The van der Waals surface area contributed by atoms with Crippen molar-refractivity contribution in [2.45, 2.75) is 49.5 Å². The molecule has 1 heterocycles. The van der Waals surface area contributed by atoms with Gasteiger partial charge in [0.15, 0.2) is 0 Å². The molecular weight excluding hydrogens is 503 g/mol. The van der Waals surface area contributed by atoms with Gasteiger partial charge in [-0.15, -0.1) is 11.8 Å². The molecule has 0 saturated carbocycles. The number of alkyl halides is 3. The van der Waals surface area contributed by atoms with Crippen LogP contribution in [-0.4, -0.2) is 61.2 Å². The molecule has 0 aromatic heterocycles. The molecule has 7 nitrogen and oxygen atoms in total. The summed E-state index contributed by atoms with van der Waals surface area (Å²) in [5, 5.41) is 8.94. The lowest BCUT2D eigenvalue weighted by molar-refractivity contribution is -0.137. The Balaban J connectivity index is 1.59. The van der Waals surface area contributed by atoms with E-state index in [1.165, 1.54) is 4.90 Å². The maximum absolute atomic E-state index is 13.0. The summed E-state index contributed by atoms with van der Waals surface area (Å²) in [7, 11) is 0. The number of carbonyl (C=O) groups excluding carboxylic acids is 2. The lowest BCUT2D eigenvalue weighted by atomic mass is 9.98. The summed E-state index contributed by atoms with van der Waals surface area (Å²) < 4.78 is 39.1. The zero-order valence-corrected chi connectivity index (χ0v) is 21.8. The third-order valence-corrected chi connectivity index (χ3v) is 7.09. The Labute approximate surface area is 219 Å². The van der Waals surface area contributed by atoms with Gasteiger partial charge in [-0.3, -0.25) is 9.59 Å². The monoisotopic (exact) mass is 537 g/mol. The van der Waals surface area contributed by atoms with Crippen LogP contribution in [0.1, 0.15) is 41.3 Å². The maximum atomic E-state index is 13.0. The molecule has 5 N–H and O–H groups in total. The summed E-state index contributed by atoms with van der Waals surface area (Å²) in [5.74, 6) is -1.25. The van der Waals surface area contributed by atoms with E-state index < -0.39 is 23.6 Å². The molecule has 1 fully saturated rings. The smallest absolute Gasteiger partial charge is 0.398 e. The summed E-state index contributed by atoms with van der Waals surface area (Å²) in [6.45, 7) is 4.88. The van der Waals surface area contributed by atoms with E-state index in [-0.39, 0.29) is 29.9 Å². The molecule has 0 bridgehead atoms. The molecule has 0 aliphatic carbocycles. The van der Waals surface area contributed by atoms with Crippen molar-refractivity contribution in [2.75, 3.05) is 38.2 Å². The molecule has 202 valence electrons. The van der Waals surface area contributed by atoms with Crippen LogP contribution in [0.3, 0.4) is 0 Å². The second-order valence-corrected chi connectivity index (χ2v) is 9.96. The summed E-state index contributed by atoms with van der Waals surface area (Å²) in [6.07, 6.45) is -0.734. The van der Waals surface area contributed by atoms with Gasteiger partial charge in [0.2, 0.25) is 5.91 Å². The van der Waals surface area contributed by atoms with Crippen LogP contribution in [0.25, 0.3) is 0 Å². The van der Waals surface area contributed by atoms with Gasteiger partial charge in [-0.1, -0.05) is 19.1 Å². The molecule has 11 heteroatoms. The minimum atomic E-state index is -4.61. The number of carbonyl (C=O) groups is 2. The Bertz CT molecular complexity index is 1070. The van der Waals surface area contributed by atoms with Crippen LogP contribution in [0.5, 0.6) is 0 Å². The first-order chi connectivity index (χ1) is 17.6. The highest BCUT2D eigenvalue weighted by molar-refractivity contribution is 7.98. The number of nitrogens with two attached hydrogens (primary N) is 1. The second-order valence-electron chi connectivity index (χ2n) is 9.08. The van der Waals surface area contributed by atoms with E-state index in [1.807, 2.05) is 6.26 Å². The Hall–Kier alpha value is -2.76. The number of piperidine rings is 1. The molecule has 1 saturated heterocycles. The largest absolute Gasteiger partial charge is 0.416 e. The van der Waals surface area contributed by atoms with Crippen LogP contribution >= 0.6 is 11.8 Å². The van der Waals surface area contributed by atoms with Crippen LogP contribution in [0.15, 0.2) is 47.4 Å². The van der Waals surface area contributed by atoms with E-state index in [0.717, 1.165) is 43.6 Å². The molecule has 2 aromatic rings. The Morgan fingerprint density at radius 1 is 1.14 bits per heavy atom. The number of nitrogen functional groups attached to an aromatic ring is 1. The molecule has 0 radical (unpaired) electrons. The van der Waals surface area contributed by atoms with E-state index in [0.29, 0.717) is 19.2 Å². The molecule has 1 aliphatic rings. The number of benzene rings is 2. The number of anilines is 1. The molecule has 3 rings (SSSR count). The van der Waals surface area contributed by atoms with Crippen LogP contribution < -0.4 is 21.7 Å². The fourth-order valence-corrected chi connectivity index (χ4v) is 4.77. The zero-order valence-electron chi connectivity index (χ0n) is 21.0. The number of amides is 2. The van der Waals surface area contributed by atoms with Crippen LogP contribution in [0, 0.1) is 0 Å². The minimum absolute atomic E-state index is 0.0343. The first kappa shape index (κ1) is 28.8. The predicted octanol–water partition coefficient (Wildman–Crippen LogP) is 3.50. The molecule has 0 unspecified atom stereocenters. The second kappa shape index (κ2) is 13.2. The molecular formula is C26H34F3N5O2S. The van der Waals surface area contributed by atoms with Gasteiger partial charge < -0.3 is 26.6 Å². The van der Waals surface area contributed by atoms with Gasteiger partial charge in [-0.2, -0.15) is 13.2 Å². The number of likely N-dealkylation sites (tertiary alicyclic amines) is 1. The van der Waals surface area contributed by atoms with Gasteiger partial charge in [-0.25, -0.2) is 0 Å². The highest BCUT2D eigenvalue weighted by atomic mass is 32.2. The Kier molecular flexibility index (Phi) is 10.2. The molecule has 0 spiro atoms. The molecule has 2 aromatic carbocycles. The van der Waals surface area contributed by atoms with Crippen molar-refractivity contribution >= 4 is 29.3 Å². The zero-order chi connectivity index (χ0) is 27.0. The number of nitrogens with one attached hydrogen (secondary N) is 3. The number of rotatable bonds is 10. The van der Waals surface area contributed by atoms with Gasteiger partial charge in [0.25, 0.3) is 5.91 Å². The predicted molar refractivity (Wildman–Crippen MR) is 140 cm³/mol. The first-order valence-corrected chi connectivity index (χ1v) is 13.5. The normalized spacial score (nSPS) is 18.4. The number of hydrogen-bond donors (Lipinski definition) is 4. The van der Waals surface area contributed by atoms with Crippen LogP contribution in [-0.2, 0) is 17.5 Å². The van der Waals surface area contributed by atoms with E-state index in [4.69, 9.17) is 5.73 Å². The lowest BCUT2D eigenvalue weighted by Gasteiger charge is -2.39. The summed E-state index contributed by atoms with van der Waals surface area (Å²) >= 11 is 1.68. The summed E-state index contributed by atoms with van der Waals surface area (Å²) in [4.78, 5) is 28.7. The van der Waals surface area contributed by atoms with E-state index in [1.54, 1.807) is 11.8 Å². The highest BCUT2D eigenvalue weighted by Gasteiger charge is 2.32. The van der Waals surface area contributed by atoms with Crippen molar-refractivity contribution in [2.24, 2.45) is 0 Å². The van der Waals surface area contributed by atoms with Crippen molar-refractivity contribution in [3.05, 3.63) is 59.2 Å². The van der Waals surface area contributed by atoms with Gasteiger partial charge in [0.1, 0.15) is 0 Å². The van der Waals surface area contributed by atoms with E-state index in [9.17, 15) is 22.8 Å². The average molecular weight is 538 g/mol. The maximum Gasteiger partial charge on any atom is 0.416 e. The Morgan fingerprint density at radius 3 is 2.51 bits per heavy atom.